The maximum absolute atomic E-state index is 5.68. The highest BCUT2D eigenvalue weighted by Crippen LogP contribution is 2.65. The second-order valence-electron chi connectivity index (χ2n) is 2.71. The molecular formula is C8H20O4P2S2. The smallest absolute Gasteiger partial charge is 0.329 e. The molecule has 16 heavy (non-hydrogen) atoms. The first kappa shape index (κ1) is 17.1. The van der Waals surface area contributed by atoms with Gasteiger partial charge in [-0.1, -0.05) is 6.92 Å². The molecule has 0 spiro atoms. The molecule has 1 unspecified atom stereocenters. The van der Waals surface area contributed by atoms with E-state index in [2.05, 4.69) is 0 Å². The van der Waals surface area contributed by atoms with E-state index in [0.717, 1.165) is 0 Å². The lowest BCUT2D eigenvalue weighted by Gasteiger charge is -2.27. The molecule has 0 amide bonds. The van der Waals surface area contributed by atoms with Gasteiger partial charge in [0.1, 0.15) is 0 Å². The molecule has 0 fully saturated rings. The summed E-state index contributed by atoms with van der Waals surface area (Å²) in [6, 6.07) is 0. The minimum absolute atomic E-state index is 0.447. The van der Waals surface area contributed by atoms with Gasteiger partial charge in [0.15, 0.2) is 6.49 Å². The maximum Gasteiger partial charge on any atom is 0.332 e. The summed E-state index contributed by atoms with van der Waals surface area (Å²) >= 11 is 10.6. The first-order valence-corrected chi connectivity index (χ1v) is 10.7. The Balaban J connectivity index is 4.71. The van der Waals surface area contributed by atoms with Gasteiger partial charge in [-0.2, -0.15) is 0 Å². The van der Waals surface area contributed by atoms with Crippen LogP contribution in [-0.2, 0) is 41.5 Å². The van der Waals surface area contributed by atoms with Crippen molar-refractivity contribution in [3.8, 4) is 0 Å². The van der Waals surface area contributed by atoms with Crippen molar-refractivity contribution in [1.29, 1.82) is 0 Å². The zero-order valence-corrected chi connectivity index (χ0v) is 13.6. The number of hydrogen-bond acceptors (Lipinski definition) is 6. The Kier molecular flexibility index (Phi) is 8.87. The molecule has 4 nitrogen and oxygen atoms in total. The summed E-state index contributed by atoms with van der Waals surface area (Å²) in [7, 11) is 0. The minimum atomic E-state index is -2.73. The van der Waals surface area contributed by atoms with Crippen LogP contribution in [0.2, 0.25) is 0 Å². The third-order valence-corrected chi connectivity index (χ3v) is 8.81. The Morgan fingerprint density at radius 3 is 1.56 bits per heavy atom. The molecule has 0 aromatic rings. The van der Waals surface area contributed by atoms with Gasteiger partial charge >= 0.3 is 6.72 Å². The van der Waals surface area contributed by atoms with E-state index in [1.165, 1.54) is 0 Å². The van der Waals surface area contributed by atoms with E-state index < -0.39 is 13.2 Å². The summed E-state index contributed by atoms with van der Waals surface area (Å²) in [5, 5.41) is 0. The van der Waals surface area contributed by atoms with Gasteiger partial charge < -0.3 is 13.6 Å². The highest BCUT2D eigenvalue weighted by atomic mass is 32.5. The minimum Gasteiger partial charge on any atom is -0.329 e. The van der Waals surface area contributed by atoms with Crippen LogP contribution < -0.4 is 0 Å². The molecule has 0 aromatic carbocycles. The highest BCUT2D eigenvalue weighted by molar-refractivity contribution is 8.16. The Labute approximate surface area is 108 Å². The zero-order chi connectivity index (χ0) is 12.7. The first-order valence-electron chi connectivity index (χ1n) is 5.29. The fourth-order valence-corrected chi connectivity index (χ4v) is 7.54. The third-order valence-electron chi connectivity index (χ3n) is 1.51. The van der Waals surface area contributed by atoms with Crippen molar-refractivity contribution in [2.24, 2.45) is 0 Å². The molecule has 0 heterocycles. The normalized spacial score (nSPS) is 16.0. The summed E-state index contributed by atoms with van der Waals surface area (Å²) in [6.07, 6.45) is 0.620. The second kappa shape index (κ2) is 8.28. The Hall–Kier alpha value is 1.14. The van der Waals surface area contributed by atoms with E-state index in [-0.39, 0.29) is 0 Å². The van der Waals surface area contributed by atoms with Crippen molar-refractivity contribution in [3.63, 3.8) is 0 Å². The Morgan fingerprint density at radius 2 is 1.25 bits per heavy atom. The number of rotatable bonds is 9. The predicted octanol–water partition coefficient (Wildman–Crippen LogP) is 3.67. The summed E-state index contributed by atoms with van der Waals surface area (Å²) in [4.78, 5) is 0. The van der Waals surface area contributed by atoms with Crippen LogP contribution in [0.5, 0.6) is 0 Å². The molecule has 0 aliphatic carbocycles. The van der Waals surface area contributed by atoms with Crippen LogP contribution in [0.3, 0.4) is 0 Å². The Bertz CT molecular complexity index is 275. The predicted molar refractivity (Wildman–Crippen MR) is 75.1 cm³/mol. The molecule has 0 saturated heterocycles. The molecule has 0 rings (SSSR count). The lowest BCUT2D eigenvalue weighted by molar-refractivity contribution is 0.211. The third kappa shape index (κ3) is 6.18. The van der Waals surface area contributed by atoms with Gasteiger partial charge in [0.2, 0.25) is 0 Å². The van der Waals surface area contributed by atoms with E-state index in [0.29, 0.717) is 26.0 Å². The average Bonchev–Trinajstić information content (AvgIpc) is 2.18. The molecule has 0 N–H and O–H groups in total. The molecule has 8 heteroatoms. The molecule has 0 radical (unpaired) electrons. The fraction of sp³-hybridized carbons (Fsp3) is 1.00. The number of hydrogen-bond donors (Lipinski definition) is 0. The summed E-state index contributed by atoms with van der Waals surface area (Å²) in [5.74, 6) is 0. The molecule has 0 aromatic heterocycles. The van der Waals surface area contributed by atoms with E-state index in [1.807, 2.05) is 27.7 Å². The lowest BCUT2D eigenvalue weighted by atomic mass is 10.9. The zero-order valence-electron chi connectivity index (χ0n) is 10.2. The van der Waals surface area contributed by atoms with Gasteiger partial charge in [0.25, 0.3) is 0 Å². The van der Waals surface area contributed by atoms with Gasteiger partial charge in [0, 0.05) is 6.16 Å². The molecular weight excluding hydrogens is 286 g/mol. The van der Waals surface area contributed by atoms with Crippen molar-refractivity contribution in [1.82, 2.24) is 0 Å². The standard InChI is InChI=1S/C8H20O4P2S2/c1-5-9-13(15,8-4)12-14(16,10-6-2)11-7-3/h5-8H2,1-4H3. The van der Waals surface area contributed by atoms with Crippen molar-refractivity contribution in [2.75, 3.05) is 26.0 Å². The largest absolute Gasteiger partial charge is 0.332 e. The van der Waals surface area contributed by atoms with Gasteiger partial charge in [-0.25, -0.2) is 0 Å². The quantitative estimate of drug-likeness (QED) is 0.605. The van der Waals surface area contributed by atoms with Crippen molar-refractivity contribution in [3.05, 3.63) is 0 Å². The molecule has 0 bridgehead atoms. The summed E-state index contributed by atoms with van der Waals surface area (Å²) < 4.78 is 21.9. The monoisotopic (exact) mass is 306 g/mol. The van der Waals surface area contributed by atoms with Crippen LogP contribution in [0.4, 0.5) is 0 Å². The van der Waals surface area contributed by atoms with E-state index >= 15 is 0 Å². The van der Waals surface area contributed by atoms with Crippen molar-refractivity contribution >= 4 is 36.8 Å². The Morgan fingerprint density at radius 1 is 0.812 bits per heavy atom. The lowest BCUT2D eigenvalue weighted by Crippen LogP contribution is -2.02. The van der Waals surface area contributed by atoms with Crippen LogP contribution in [0.15, 0.2) is 0 Å². The fourth-order valence-electron chi connectivity index (χ4n) is 0.922. The topological polar surface area (TPSA) is 36.9 Å². The molecule has 98 valence electrons. The SMILES string of the molecule is CCOP(=S)(CC)OP(=S)(OCC)OCC. The molecule has 1 atom stereocenters. The van der Waals surface area contributed by atoms with Crippen LogP contribution in [0.25, 0.3) is 0 Å². The van der Waals surface area contributed by atoms with Crippen molar-refractivity contribution in [2.45, 2.75) is 27.7 Å². The van der Waals surface area contributed by atoms with E-state index in [4.69, 9.17) is 41.5 Å². The van der Waals surface area contributed by atoms with Crippen LogP contribution >= 0.6 is 13.2 Å². The van der Waals surface area contributed by atoms with Gasteiger partial charge in [-0.15, -0.1) is 0 Å². The summed E-state index contributed by atoms with van der Waals surface area (Å²) in [6.45, 7) is 3.82. The maximum atomic E-state index is 5.68. The van der Waals surface area contributed by atoms with E-state index in [1.54, 1.807) is 0 Å². The van der Waals surface area contributed by atoms with Gasteiger partial charge in [-0.3, -0.25) is 4.31 Å². The second-order valence-corrected chi connectivity index (χ2v) is 9.90. The molecule has 0 saturated carbocycles. The summed E-state index contributed by atoms with van der Waals surface area (Å²) in [5.41, 5.74) is 0. The van der Waals surface area contributed by atoms with Crippen LogP contribution in [0.1, 0.15) is 27.7 Å². The van der Waals surface area contributed by atoms with E-state index in [9.17, 15) is 0 Å². The van der Waals surface area contributed by atoms with Gasteiger partial charge in [-0.05, 0) is 44.4 Å². The molecule has 0 aliphatic heterocycles. The average molecular weight is 306 g/mol. The van der Waals surface area contributed by atoms with Crippen LogP contribution in [0, 0.1) is 0 Å². The first-order chi connectivity index (χ1) is 7.45. The van der Waals surface area contributed by atoms with Crippen LogP contribution in [-0.4, -0.2) is 26.0 Å². The van der Waals surface area contributed by atoms with Crippen molar-refractivity contribution < 1.29 is 17.9 Å². The molecule has 0 aliphatic rings. The highest BCUT2D eigenvalue weighted by Gasteiger charge is 2.29. The van der Waals surface area contributed by atoms with Gasteiger partial charge in [0.05, 0.1) is 19.8 Å².